The minimum atomic E-state index is 0.0754. The predicted octanol–water partition coefficient (Wildman–Crippen LogP) is 0.931. The van der Waals surface area contributed by atoms with Crippen LogP contribution in [0.5, 0.6) is 0 Å². The highest BCUT2D eigenvalue weighted by Gasteiger charge is 2.20. The Morgan fingerprint density at radius 2 is 2.28 bits per heavy atom. The molecule has 0 amide bonds. The van der Waals surface area contributed by atoms with Crippen LogP contribution in [-0.4, -0.2) is 42.5 Å². The third kappa shape index (κ3) is 3.19. The number of aromatic nitrogens is 1. The van der Waals surface area contributed by atoms with E-state index in [1.807, 2.05) is 6.07 Å². The second-order valence-corrected chi connectivity index (χ2v) is 4.30. The van der Waals surface area contributed by atoms with Crippen molar-refractivity contribution in [3.63, 3.8) is 0 Å². The first-order valence-corrected chi connectivity index (χ1v) is 6.17. The van der Waals surface area contributed by atoms with Gasteiger partial charge in [0, 0.05) is 19.3 Å². The van der Waals surface area contributed by atoms with Gasteiger partial charge < -0.3 is 14.7 Å². The van der Waals surface area contributed by atoms with Crippen LogP contribution in [0.25, 0.3) is 0 Å². The lowest BCUT2D eigenvalue weighted by atomic mass is 10.1. The molecule has 1 aromatic heterocycles. The standard InChI is InChI=1S/C13H17N3O2/c14-10-11-1-4-15-13(9-11)16-5-2-12(3-6-16)18-8-7-17/h1,4,9,12,17H,2-3,5-8H2. The van der Waals surface area contributed by atoms with Crippen LogP contribution < -0.4 is 4.90 Å². The minimum Gasteiger partial charge on any atom is -0.394 e. The quantitative estimate of drug-likeness (QED) is 0.857. The third-order valence-electron chi connectivity index (χ3n) is 3.09. The van der Waals surface area contributed by atoms with Gasteiger partial charge in [-0.15, -0.1) is 0 Å². The highest BCUT2D eigenvalue weighted by atomic mass is 16.5. The number of nitrogens with zero attached hydrogens (tertiary/aromatic N) is 3. The van der Waals surface area contributed by atoms with E-state index >= 15 is 0 Å². The monoisotopic (exact) mass is 247 g/mol. The topological polar surface area (TPSA) is 69.4 Å². The predicted molar refractivity (Wildman–Crippen MR) is 67.2 cm³/mol. The summed E-state index contributed by atoms with van der Waals surface area (Å²) in [6.07, 6.45) is 3.76. The van der Waals surface area contributed by atoms with Gasteiger partial charge in [0.2, 0.25) is 0 Å². The number of pyridine rings is 1. The first-order chi connectivity index (χ1) is 8.83. The van der Waals surface area contributed by atoms with Crippen molar-refractivity contribution < 1.29 is 9.84 Å². The van der Waals surface area contributed by atoms with Gasteiger partial charge in [-0.1, -0.05) is 0 Å². The summed E-state index contributed by atoms with van der Waals surface area (Å²) in [4.78, 5) is 6.46. The molecule has 0 saturated carbocycles. The second-order valence-electron chi connectivity index (χ2n) is 4.30. The lowest BCUT2D eigenvalue weighted by Gasteiger charge is -2.32. The molecule has 0 atom stereocenters. The van der Waals surface area contributed by atoms with Crippen LogP contribution in [0.3, 0.4) is 0 Å². The van der Waals surface area contributed by atoms with E-state index in [2.05, 4.69) is 16.0 Å². The van der Waals surface area contributed by atoms with Crippen molar-refractivity contribution >= 4 is 5.82 Å². The maximum absolute atomic E-state index is 8.86. The number of piperidine rings is 1. The summed E-state index contributed by atoms with van der Waals surface area (Å²) >= 11 is 0. The molecule has 1 aliphatic heterocycles. The molecule has 18 heavy (non-hydrogen) atoms. The second kappa shape index (κ2) is 6.34. The highest BCUT2D eigenvalue weighted by Crippen LogP contribution is 2.20. The molecule has 0 radical (unpaired) electrons. The van der Waals surface area contributed by atoms with E-state index < -0.39 is 0 Å². The van der Waals surface area contributed by atoms with Gasteiger partial charge in [-0.25, -0.2) is 4.98 Å². The zero-order valence-electron chi connectivity index (χ0n) is 10.2. The van der Waals surface area contributed by atoms with Crippen LogP contribution in [0.4, 0.5) is 5.82 Å². The van der Waals surface area contributed by atoms with Gasteiger partial charge in [-0.3, -0.25) is 0 Å². The van der Waals surface area contributed by atoms with Crippen LogP contribution in [0.15, 0.2) is 18.3 Å². The van der Waals surface area contributed by atoms with E-state index in [-0.39, 0.29) is 12.7 Å². The third-order valence-corrected chi connectivity index (χ3v) is 3.09. The molecule has 5 heteroatoms. The number of anilines is 1. The molecule has 2 heterocycles. The number of ether oxygens (including phenoxy) is 1. The molecule has 0 unspecified atom stereocenters. The molecule has 0 bridgehead atoms. The van der Waals surface area contributed by atoms with E-state index in [1.165, 1.54) is 0 Å². The fraction of sp³-hybridized carbons (Fsp3) is 0.538. The number of hydrogen-bond acceptors (Lipinski definition) is 5. The summed E-state index contributed by atoms with van der Waals surface area (Å²) in [5, 5.41) is 17.6. The molecule has 0 aliphatic carbocycles. The summed E-state index contributed by atoms with van der Waals surface area (Å²) in [6, 6.07) is 5.65. The summed E-state index contributed by atoms with van der Waals surface area (Å²) in [5.41, 5.74) is 0.638. The normalized spacial score (nSPS) is 16.6. The molecular weight excluding hydrogens is 230 g/mol. The summed E-state index contributed by atoms with van der Waals surface area (Å²) in [7, 11) is 0. The Balaban J connectivity index is 1.91. The van der Waals surface area contributed by atoms with Crippen molar-refractivity contribution in [3.8, 4) is 6.07 Å². The van der Waals surface area contributed by atoms with Gasteiger partial charge in [0.25, 0.3) is 0 Å². The maximum atomic E-state index is 8.86. The van der Waals surface area contributed by atoms with Gasteiger partial charge in [-0.05, 0) is 25.0 Å². The average Bonchev–Trinajstić information content (AvgIpc) is 2.46. The highest BCUT2D eigenvalue weighted by molar-refractivity contribution is 5.45. The van der Waals surface area contributed by atoms with E-state index in [9.17, 15) is 0 Å². The number of hydrogen-bond donors (Lipinski definition) is 1. The summed E-state index contributed by atoms with van der Waals surface area (Å²) in [5.74, 6) is 0.856. The SMILES string of the molecule is N#Cc1ccnc(N2CCC(OCCO)CC2)c1. The van der Waals surface area contributed by atoms with Gasteiger partial charge in [0.1, 0.15) is 5.82 Å². The molecule has 5 nitrogen and oxygen atoms in total. The summed E-state index contributed by atoms with van der Waals surface area (Å²) in [6.45, 7) is 2.23. The van der Waals surface area contributed by atoms with Crippen molar-refractivity contribution in [2.24, 2.45) is 0 Å². The first-order valence-electron chi connectivity index (χ1n) is 6.17. The molecule has 1 fully saturated rings. The van der Waals surface area contributed by atoms with Crippen molar-refractivity contribution in [2.45, 2.75) is 18.9 Å². The number of rotatable bonds is 4. The zero-order chi connectivity index (χ0) is 12.8. The molecule has 1 aliphatic rings. The van der Waals surface area contributed by atoms with Gasteiger partial charge in [0.15, 0.2) is 0 Å². The van der Waals surface area contributed by atoms with Crippen molar-refractivity contribution in [1.82, 2.24) is 4.98 Å². The Labute approximate surface area is 107 Å². The van der Waals surface area contributed by atoms with E-state index in [1.54, 1.807) is 12.3 Å². The number of nitriles is 1. The lowest BCUT2D eigenvalue weighted by molar-refractivity contribution is 0.0158. The molecule has 96 valence electrons. The molecule has 1 aromatic rings. The maximum Gasteiger partial charge on any atom is 0.129 e. The van der Waals surface area contributed by atoms with Gasteiger partial charge >= 0.3 is 0 Å². The molecule has 1 N–H and O–H groups in total. The van der Waals surface area contributed by atoms with E-state index in [0.717, 1.165) is 31.7 Å². The van der Waals surface area contributed by atoms with Crippen LogP contribution >= 0.6 is 0 Å². The first kappa shape index (κ1) is 12.8. The van der Waals surface area contributed by atoms with Crippen molar-refractivity contribution in [1.29, 1.82) is 5.26 Å². The van der Waals surface area contributed by atoms with Gasteiger partial charge in [0.05, 0.1) is 31.0 Å². The Morgan fingerprint density at radius 1 is 1.50 bits per heavy atom. The average molecular weight is 247 g/mol. The minimum absolute atomic E-state index is 0.0754. The Morgan fingerprint density at radius 3 is 2.94 bits per heavy atom. The van der Waals surface area contributed by atoms with E-state index in [4.69, 9.17) is 15.1 Å². The Hall–Kier alpha value is -1.64. The molecule has 0 aromatic carbocycles. The molecular formula is C13H17N3O2. The van der Waals surface area contributed by atoms with Crippen molar-refractivity contribution in [3.05, 3.63) is 23.9 Å². The number of aliphatic hydroxyl groups excluding tert-OH is 1. The van der Waals surface area contributed by atoms with Crippen molar-refractivity contribution in [2.75, 3.05) is 31.2 Å². The Kier molecular flexibility index (Phi) is 4.51. The zero-order valence-corrected chi connectivity index (χ0v) is 10.2. The smallest absolute Gasteiger partial charge is 0.129 e. The Bertz CT molecular complexity index is 422. The van der Waals surface area contributed by atoms with Crippen LogP contribution in [0.1, 0.15) is 18.4 Å². The molecule has 2 rings (SSSR count). The molecule has 0 spiro atoms. The van der Waals surface area contributed by atoms with Crippen LogP contribution in [0, 0.1) is 11.3 Å². The van der Waals surface area contributed by atoms with Crippen LogP contribution in [-0.2, 0) is 4.74 Å². The fourth-order valence-corrected chi connectivity index (χ4v) is 2.13. The largest absolute Gasteiger partial charge is 0.394 e. The summed E-state index contributed by atoms with van der Waals surface area (Å²) < 4.78 is 5.51. The van der Waals surface area contributed by atoms with Gasteiger partial charge in [-0.2, -0.15) is 5.26 Å². The van der Waals surface area contributed by atoms with Crippen LogP contribution in [0.2, 0.25) is 0 Å². The fourth-order valence-electron chi connectivity index (χ4n) is 2.13. The number of aliphatic hydroxyl groups is 1. The van der Waals surface area contributed by atoms with E-state index in [0.29, 0.717) is 12.2 Å². The lowest BCUT2D eigenvalue weighted by Crippen LogP contribution is -2.37. The molecule has 1 saturated heterocycles.